The van der Waals surface area contributed by atoms with Gasteiger partial charge in [0.2, 0.25) is 5.91 Å². The van der Waals surface area contributed by atoms with E-state index >= 15 is 0 Å². The van der Waals surface area contributed by atoms with Gasteiger partial charge in [0.1, 0.15) is 5.75 Å². The molecule has 1 aliphatic heterocycles. The van der Waals surface area contributed by atoms with Gasteiger partial charge in [-0.25, -0.2) is 0 Å². The van der Waals surface area contributed by atoms with Crippen molar-refractivity contribution in [2.45, 2.75) is 0 Å². The summed E-state index contributed by atoms with van der Waals surface area (Å²) in [6.07, 6.45) is 1.14. The van der Waals surface area contributed by atoms with Gasteiger partial charge in [-0.15, -0.1) is 0 Å². The number of benzene rings is 2. The smallest absolute Gasteiger partial charge is 0.262 e. The summed E-state index contributed by atoms with van der Waals surface area (Å²) in [6, 6.07) is 9.46. The molecule has 7 nitrogen and oxygen atoms in total. The van der Waals surface area contributed by atoms with Gasteiger partial charge in [-0.2, -0.15) is 0 Å². The van der Waals surface area contributed by atoms with Crippen molar-refractivity contribution in [2.24, 2.45) is 0 Å². The summed E-state index contributed by atoms with van der Waals surface area (Å²) in [5.41, 5.74) is 1.57. The molecule has 0 saturated heterocycles. The summed E-state index contributed by atoms with van der Waals surface area (Å²) in [5, 5.41) is 8.15. The van der Waals surface area contributed by atoms with E-state index in [4.69, 9.17) is 16.3 Å². The highest BCUT2D eigenvalue weighted by atomic mass is 35.5. The highest BCUT2D eigenvalue weighted by Gasteiger charge is 2.19. The van der Waals surface area contributed by atoms with Crippen LogP contribution in [0.25, 0.3) is 0 Å². The van der Waals surface area contributed by atoms with Gasteiger partial charge in [0, 0.05) is 17.3 Å². The Kier molecular flexibility index (Phi) is 4.90. The summed E-state index contributed by atoms with van der Waals surface area (Å²) in [6.45, 7) is 3.27. The van der Waals surface area contributed by atoms with Gasteiger partial charge in [-0.1, -0.05) is 24.2 Å². The van der Waals surface area contributed by atoms with Crippen LogP contribution < -0.4 is 20.7 Å². The summed E-state index contributed by atoms with van der Waals surface area (Å²) in [7, 11) is 0. The van der Waals surface area contributed by atoms with E-state index in [1.54, 1.807) is 24.3 Å². The molecule has 26 heavy (non-hydrogen) atoms. The maximum absolute atomic E-state index is 12.5. The Morgan fingerprint density at radius 1 is 1.23 bits per heavy atom. The third kappa shape index (κ3) is 3.84. The number of amides is 3. The molecule has 0 atom stereocenters. The quantitative estimate of drug-likeness (QED) is 0.719. The number of anilines is 3. The molecule has 0 spiro atoms. The number of carbonyl (C=O) groups excluding carboxylic acids is 3. The monoisotopic (exact) mass is 371 g/mol. The minimum Gasteiger partial charge on any atom is -0.482 e. The first kappa shape index (κ1) is 17.5. The van der Waals surface area contributed by atoms with Gasteiger partial charge < -0.3 is 20.7 Å². The minimum absolute atomic E-state index is 0.104. The van der Waals surface area contributed by atoms with Gasteiger partial charge in [-0.05, 0) is 30.3 Å². The summed E-state index contributed by atoms with van der Waals surface area (Å²) in [4.78, 5) is 35.2. The summed E-state index contributed by atoms with van der Waals surface area (Å²) < 4.78 is 5.32. The van der Waals surface area contributed by atoms with Crippen molar-refractivity contribution in [3.8, 4) is 5.75 Å². The minimum atomic E-state index is -0.415. The molecule has 0 aromatic heterocycles. The number of hydrogen-bond donors (Lipinski definition) is 3. The second kappa shape index (κ2) is 7.28. The van der Waals surface area contributed by atoms with E-state index in [0.717, 1.165) is 6.08 Å². The number of nitrogens with one attached hydrogen (secondary N) is 3. The van der Waals surface area contributed by atoms with E-state index in [-0.39, 0.29) is 23.4 Å². The molecule has 0 fully saturated rings. The van der Waals surface area contributed by atoms with Crippen molar-refractivity contribution < 1.29 is 19.1 Å². The first-order chi connectivity index (χ1) is 12.5. The molecule has 3 rings (SSSR count). The van der Waals surface area contributed by atoms with Crippen LogP contribution in [0.1, 0.15) is 10.4 Å². The predicted molar refractivity (Wildman–Crippen MR) is 98.8 cm³/mol. The van der Waals surface area contributed by atoms with E-state index in [1.165, 1.54) is 12.1 Å². The van der Waals surface area contributed by atoms with Crippen LogP contribution in [0.2, 0.25) is 5.02 Å². The number of halogens is 1. The van der Waals surface area contributed by atoms with Gasteiger partial charge in [0.05, 0.1) is 16.4 Å². The van der Waals surface area contributed by atoms with Crippen LogP contribution in [0.4, 0.5) is 17.1 Å². The maximum Gasteiger partial charge on any atom is 0.262 e. The number of ether oxygens (including phenoxy) is 1. The van der Waals surface area contributed by atoms with E-state index in [2.05, 4.69) is 22.5 Å². The lowest BCUT2D eigenvalue weighted by Gasteiger charge is -2.19. The maximum atomic E-state index is 12.5. The van der Waals surface area contributed by atoms with Crippen LogP contribution in [-0.2, 0) is 9.59 Å². The fraction of sp³-hybridized carbons (Fsp3) is 0.0556. The molecular formula is C18H14ClN3O4. The van der Waals surface area contributed by atoms with E-state index < -0.39 is 5.91 Å². The van der Waals surface area contributed by atoms with Crippen LogP contribution >= 0.6 is 11.6 Å². The van der Waals surface area contributed by atoms with Gasteiger partial charge in [0.15, 0.2) is 6.61 Å². The van der Waals surface area contributed by atoms with Crippen LogP contribution in [-0.4, -0.2) is 24.3 Å². The van der Waals surface area contributed by atoms with Gasteiger partial charge in [0.25, 0.3) is 11.8 Å². The Bertz CT molecular complexity index is 927. The molecule has 1 heterocycles. The van der Waals surface area contributed by atoms with Crippen molar-refractivity contribution in [2.75, 3.05) is 22.6 Å². The Balaban J connectivity index is 1.80. The topological polar surface area (TPSA) is 96.5 Å². The van der Waals surface area contributed by atoms with Crippen LogP contribution in [0, 0.1) is 0 Å². The summed E-state index contributed by atoms with van der Waals surface area (Å²) in [5.74, 6) is -0.652. The molecule has 8 heteroatoms. The SMILES string of the molecule is C=CC(=O)Nc1cccc(C(=O)Nc2cc3c(cc2Cl)NC(=O)CO3)c1. The number of fused-ring (bicyclic) bond motifs is 1. The Hall–Kier alpha value is -3.32. The molecule has 0 saturated carbocycles. The zero-order valence-electron chi connectivity index (χ0n) is 13.5. The normalized spacial score (nSPS) is 12.3. The fourth-order valence-corrected chi connectivity index (χ4v) is 2.53. The second-order valence-corrected chi connectivity index (χ2v) is 5.80. The Morgan fingerprint density at radius 2 is 2.04 bits per heavy atom. The van der Waals surface area contributed by atoms with Crippen molar-refractivity contribution in [3.63, 3.8) is 0 Å². The van der Waals surface area contributed by atoms with Crippen molar-refractivity contribution in [1.29, 1.82) is 0 Å². The first-order valence-electron chi connectivity index (χ1n) is 7.57. The molecule has 3 N–H and O–H groups in total. The third-order valence-electron chi connectivity index (χ3n) is 3.53. The molecule has 0 aliphatic carbocycles. The molecule has 132 valence electrons. The molecular weight excluding hydrogens is 358 g/mol. The van der Waals surface area contributed by atoms with E-state index in [0.29, 0.717) is 28.4 Å². The fourth-order valence-electron chi connectivity index (χ4n) is 2.32. The number of carbonyl (C=O) groups is 3. The number of hydrogen-bond acceptors (Lipinski definition) is 4. The molecule has 0 radical (unpaired) electrons. The van der Waals surface area contributed by atoms with E-state index in [9.17, 15) is 14.4 Å². The Morgan fingerprint density at radius 3 is 2.81 bits per heavy atom. The molecule has 1 aliphatic rings. The van der Waals surface area contributed by atoms with Gasteiger partial charge in [-0.3, -0.25) is 14.4 Å². The zero-order chi connectivity index (χ0) is 18.7. The van der Waals surface area contributed by atoms with Crippen LogP contribution in [0.5, 0.6) is 5.75 Å². The largest absolute Gasteiger partial charge is 0.482 e. The molecule has 3 amide bonds. The lowest BCUT2D eigenvalue weighted by atomic mass is 10.1. The van der Waals surface area contributed by atoms with Crippen LogP contribution in [0.15, 0.2) is 49.1 Å². The first-order valence-corrected chi connectivity index (χ1v) is 7.95. The summed E-state index contributed by atoms with van der Waals surface area (Å²) >= 11 is 6.17. The average Bonchev–Trinajstić information content (AvgIpc) is 2.62. The molecule has 0 bridgehead atoms. The van der Waals surface area contributed by atoms with Gasteiger partial charge >= 0.3 is 0 Å². The van der Waals surface area contributed by atoms with E-state index in [1.807, 2.05) is 0 Å². The highest BCUT2D eigenvalue weighted by Crippen LogP contribution is 2.36. The zero-order valence-corrected chi connectivity index (χ0v) is 14.2. The molecule has 2 aromatic rings. The predicted octanol–water partition coefficient (Wildman–Crippen LogP) is 3.05. The lowest BCUT2D eigenvalue weighted by Crippen LogP contribution is -2.25. The van der Waals surface area contributed by atoms with Crippen molar-refractivity contribution in [1.82, 2.24) is 0 Å². The number of rotatable bonds is 4. The van der Waals surface area contributed by atoms with Crippen molar-refractivity contribution >= 4 is 46.4 Å². The second-order valence-electron chi connectivity index (χ2n) is 5.39. The highest BCUT2D eigenvalue weighted by molar-refractivity contribution is 6.34. The van der Waals surface area contributed by atoms with Crippen molar-refractivity contribution in [3.05, 3.63) is 59.6 Å². The standard InChI is InChI=1S/C18H14ClN3O4/c1-2-16(23)20-11-5-3-4-10(6-11)18(25)22-13-8-15-14(7-12(13)19)21-17(24)9-26-15/h2-8H,1,9H2,(H,20,23)(H,21,24)(H,22,25). The van der Waals surface area contributed by atoms with Crippen LogP contribution in [0.3, 0.4) is 0 Å². The average molecular weight is 372 g/mol. The third-order valence-corrected chi connectivity index (χ3v) is 3.84. The Labute approximate surface area is 154 Å². The lowest BCUT2D eigenvalue weighted by molar-refractivity contribution is -0.118. The molecule has 0 unspecified atom stereocenters. The molecule has 2 aromatic carbocycles.